The zero-order valence-electron chi connectivity index (χ0n) is 18.9. The van der Waals surface area contributed by atoms with Gasteiger partial charge in [0, 0.05) is 19.8 Å². The maximum absolute atomic E-state index is 5.75. The molecule has 0 spiro atoms. The monoisotopic (exact) mass is 379 g/mol. The number of rotatable bonds is 21. The van der Waals surface area contributed by atoms with E-state index in [4.69, 9.17) is 4.74 Å². The first kappa shape index (κ1) is 26.4. The second kappa shape index (κ2) is 23.4. The fraction of sp³-hybridized carbons (Fsp3) is 0.840. The normalized spacial score (nSPS) is 12.1. The van der Waals surface area contributed by atoms with E-state index >= 15 is 0 Å². The average Bonchev–Trinajstić information content (AvgIpc) is 2.69. The Morgan fingerprint density at radius 1 is 0.593 bits per heavy atom. The van der Waals surface area contributed by atoms with Crippen LogP contribution in [0, 0.1) is 0 Å². The smallest absolute Gasteiger partial charge is 0.0478 e. The topological polar surface area (TPSA) is 12.5 Å². The molecule has 0 aliphatic heterocycles. The molecule has 0 aromatic rings. The summed E-state index contributed by atoms with van der Waals surface area (Å²) in [5, 5.41) is 0. The summed E-state index contributed by atoms with van der Waals surface area (Å²) in [5.74, 6) is 0. The van der Waals surface area contributed by atoms with Crippen molar-refractivity contribution in [1.82, 2.24) is 4.90 Å². The molecule has 0 aromatic heterocycles. The van der Waals surface area contributed by atoms with Gasteiger partial charge >= 0.3 is 0 Å². The van der Waals surface area contributed by atoms with E-state index in [0.717, 1.165) is 32.7 Å². The molecule has 0 aliphatic carbocycles. The highest BCUT2D eigenvalue weighted by Gasteiger charge is 1.98. The number of unbranched alkanes of at least 4 members (excludes halogenated alkanes) is 9. The number of hydrogen-bond donors (Lipinski definition) is 0. The van der Waals surface area contributed by atoms with Crippen molar-refractivity contribution in [3.8, 4) is 0 Å². The second-order valence-electron chi connectivity index (χ2n) is 7.58. The Morgan fingerprint density at radius 3 is 1.78 bits per heavy atom. The third-order valence-corrected chi connectivity index (χ3v) is 5.15. The number of hydrogen-bond acceptors (Lipinski definition) is 2. The first-order chi connectivity index (χ1) is 13.3. The van der Waals surface area contributed by atoms with Crippen molar-refractivity contribution in [3.05, 3.63) is 24.3 Å². The Labute approximate surface area is 171 Å². The van der Waals surface area contributed by atoms with Crippen molar-refractivity contribution in [2.24, 2.45) is 0 Å². The van der Waals surface area contributed by atoms with Gasteiger partial charge in [0.25, 0.3) is 0 Å². The highest BCUT2D eigenvalue weighted by molar-refractivity contribution is 4.92. The van der Waals surface area contributed by atoms with E-state index in [1.165, 1.54) is 83.6 Å². The van der Waals surface area contributed by atoms with Crippen LogP contribution in [0.2, 0.25) is 0 Å². The first-order valence-electron chi connectivity index (χ1n) is 11.9. The molecular formula is C25H49NO. The Morgan fingerprint density at radius 2 is 1.15 bits per heavy atom. The molecular weight excluding hydrogens is 330 g/mol. The van der Waals surface area contributed by atoms with E-state index in [9.17, 15) is 0 Å². The minimum atomic E-state index is 0.927. The predicted molar refractivity (Wildman–Crippen MR) is 123 cm³/mol. The molecule has 2 heteroatoms. The standard InChI is InChI=1S/C25H49NO/c1-4-7-8-9-10-11-12-13-14-15-16-17-18-19-20-21-24-27-25-22-23-26(5-2)6-3/h10-11,13-14H,4-9,12,15-25H2,1-3H3/b11-10-,14-13-. The van der Waals surface area contributed by atoms with E-state index in [-0.39, 0.29) is 0 Å². The molecule has 0 amide bonds. The van der Waals surface area contributed by atoms with Gasteiger partial charge in [-0.15, -0.1) is 0 Å². The van der Waals surface area contributed by atoms with E-state index in [2.05, 4.69) is 50.0 Å². The van der Waals surface area contributed by atoms with Gasteiger partial charge in [0.05, 0.1) is 0 Å². The molecule has 0 aromatic carbocycles. The summed E-state index contributed by atoms with van der Waals surface area (Å²) in [6.45, 7) is 12.1. The Hall–Kier alpha value is -0.600. The van der Waals surface area contributed by atoms with Gasteiger partial charge in [-0.3, -0.25) is 0 Å². The van der Waals surface area contributed by atoms with Gasteiger partial charge < -0.3 is 9.64 Å². The van der Waals surface area contributed by atoms with Crippen LogP contribution in [0.1, 0.15) is 104 Å². The molecule has 0 unspecified atom stereocenters. The lowest BCUT2D eigenvalue weighted by atomic mass is 10.1. The highest BCUT2D eigenvalue weighted by Crippen LogP contribution is 2.08. The third-order valence-electron chi connectivity index (χ3n) is 5.15. The second-order valence-corrected chi connectivity index (χ2v) is 7.58. The maximum atomic E-state index is 5.75. The number of ether oxygens (including phenoxy) is 1. The molecule has 0 fully saturated rings. The van der Waals surface area contributed by atoms with Crippen molar-refractivity contribution < 1.29 is 4.74 Å². The maximum Gasteiger partial charge on any atom is 0.0478 e. The summed E-state index contributed by atoms with van der Waals surface area (Å²) in [4.78, 5) is 2.46. The van der Waals surface area contributed by atoms with Crippen LogP contribution in [-0.4, -0.2) is 37.7 Å². The average molecular weight is 380 g/mol. The minimum Gasteiger partial charge on any atom is -0.381 e. The molecule has 0 radical (unpaired) electrons. The largest absolute Gasteiger partial charge is 0.381 e. The van der Waals surface area contributed by atoms with Crippen LogP contribution in [0.3, 0.4) is 0 Å². The van der Waals surface area contributed by atoms with Crippen LogP contribution in [0.4, 0.5) is 0 Å². The summed E-state index contributed by atoms with van der Waals surface area (Å²) in [5.41, 5.74) is 0. The molecule has 0 saturated carbocycles. The zero-order chi connectivity index (χ0) is 19.8. The van der Waals surface area contributed by atoms with E-state index in [1.54, 1.807) is 0 Å². The van der Waals surface area contributed by atoms with Crippen LogP contribution in [0.25, 0.3) is 0 Å². The third kappa shape index (κ3) is 21.6. The molecule has 0 rings (SSSR count). The molecule has 0 atom stereocenters. The molecule has 27 heavy (non-hydrogen) atoms. The summed E-state index contributed by atoms with van der Waals surface area (Å²) < 4.78 is 5.75. The van der Waals surface area contributed by atoms with Gasteiger partial charge in [-0.2, -0.15) is 0 Å². The quantitative estimate of drug-likeness (QED) is 0.151. The van der Waals surface area contributed by atoms with Crippen molar-refractivity contribution in [2.45, 2.75) is 104 Å². The lowest BCUT2D eigenvalue weighted by Gasteiger charge is -2.17. The minimum absolute atomic E-state index is 0.927. The highest BCUT2D eigenvalue weighted by atomic mass is 16.5. The van der Waals surface area contributed by atoms with E-state index in [1.807, 2.05) is 0 Å². The van der Waals surface area contributed by atoms with Crippen molar-refractivity contribution in [3.63, 3.8) is 0 Å². The summed E-state index contributed by atoms with van der Waals surface area (Å²) in [6, 6.07) is 0. The van der Waals surface area contributed by atoms with E-state index in [0.29, 0.717) is 0 Å². The molecule has 0 aliphatic rings. The summed E-state index contributed by atoms with van der Waals surface area (Å²) >= 11 is 0. The fourth-order valence-corrected chi connectivity index (χ4v) is 3.22. The Balaban J connectivity index is 3.17. The summed E-state index contributed by atoms with van der Waals surface area (Å²) in [7, 11) is 0. The van der Waals surface area contributed by atoms with Gasteiger partial charge in [0.15, 0.2) is 0 Å². The van der Waals surface area contributed by atoms with Gasteiger partial charge in [-0.25, -0.2) is 0 Å². The van der Waals surface area contributed by atoms with Gasteiger partial charge in [0.1, 0.15) is 0 Å². The zero-order valence-corrected chi connectivity index (χ0v) is 18.9. The van der Waals surface area contributed by atoms with Crippen molar-refractivity contribution in [1.29, 1.82) is 0 Å². The summed E-state index contributed by atoms with van der Waals surface area (Å²) in [6.07, 6.45) is 26.2. The molecule has 2 nitrogen and oxygen atoms in total. The van der Waals surface area contributed by atoms with Gasteiger partial charge in [-0.05, 0) is 58.0 Å². The lowest BCUT2D eigenvalue weighted by molar-refractivity contribution is 0.118. The molecule has 0 bridgehead atoms. The van der Waals surface area contributed by atoms with Crippen LogP contribution in [0.15, 0.2) is 24.3 Å². The SMILES string of the molecule is CCCCC/C=C\C/C=C\CCCCCCCCOCCCN(CC)CC. The lowest BCUT2D eigenvalue weighted by Crippen LogP contribution is -2.24. The first-order valence-corrected chi connectivity index (χ1v) is 11.9. The number of nitrogens with zero attached hydrogens (tertiary/aromatic N) is 1. The molecule has 0 heterocycles. The van der Waals surface area contributed by atoms with E-state index < -0.39 is 0 Å². The van der Waals surface area contributed by atoms with Crippen molar-refractivity contribution in [2.75, 3.05) is 32.8 Å². The molecule has 0 N–H and O–H groups in total. The number of allylic oxidation sites excluding steroid dienone is 4. The Kier molecular flexibility index (Phi) is 22.9. The van der Waals surface area contributed by atoms with Crippen LogP contribution >= 0.6 is 0 Å². The van der Waals surface area contributed by atoms with Crippen LogP contribution < -0.4 is 0 Å². The van der Waals surface area contributed by atoms with Gasteiger partial charge in [0.2, 0.25) is 0 Å². The van der Waals surface area contributed by atoms with Crippen LogP contribution in [-0.2, 0) is 4.74 Å². The molecule has 0 saturated heterocycles. The van der Waals surface area contributed by atoms with Crippen LogP contribution in [0.5, 0.6) is 0 Å². The fourth-order valence-electron chi connectivity index (χ4n) is 3.22. The Bertz CT molecular complexity index is 320. The molecule has 160 valence electrons. The van der Waals surface area contributed by atoms with Crippen molar-refractivity contribution >= 4 is 0 Å². The predicted octanol–water partition coefficient (Wildman–Crippen LogP) is 7.55. The van der Waals surface area contributed by atoms with Gasteiger partial charge in [-0.1, -0.05) is 83.6 Å².